The number of primary amides is 1. The van der Waals surface area contributed by atoms with Gasteiger partial charge in [-0.25, -0.2) is 0 Å². The summed E-state index contributed by atoms with van der Waals surface area (Å²) >= 11 is 5.97. The Bertz CT molecular complexity index is 508. The van der Waals surface area contributed by atoms with Gasteiger partial charge in [0.15, 0.2) is 0 Å². The SMILES string of the molecule is NC(=O)c1ccc2c(Cl)cccc2c1. The number of halogens is 1. The molecule has 0 aromatic heterocycles. The first-order valence-corrected chi connectivity index (χ1v) is 4.54. The van der Waals surface area contributed by atoms with Crippen molar-refractivity contribution in [1.29, 1.82) is 0 Å². The first kappa shape index (κ1) is 9.03. The Morgan fingerprint density at radius 2 is 2.00 bits per heavy atom. The van der Waals surface area contributed by atoms with Gasteiger partial charge in [0.1, 0.15) is 0 Å². The van der Waals surface area contributed by atoms with Crippen LogP contribution in [0.25, 0.3) is 10.8 Å². The highest BCUT2D eigenvalue weighted by atomic mass is 35.5. The molecule has 0 unspecified atom stereocenters. The van der Waals surface area contributed by atoms with E-state index >= 15 is 0 Å². The van der Waals surface area contributed by atoms with Crippen molar-refractivity contribution in [3.05, 3.63) is 47.0 Å². The molecule has 0 aliphatic rings. The highest BCUT2D eigenvalue weighted by molar-refractivity contribution is 6.35. The van der Waals surface area contributed by atoms with E-state index in [1.54, 1.807) is 18.2 Å². The molecule has 0 spiro atoms. The number of amides is 1. The van der Waals surface area contributed by atoms with Crippen LogP contribution in [-0.2, 0) is 0 Å². The van der Waals surface area contributed by atoms with Gasteiger partial charge in [-0.2, -0.15) is 0 Å². The zero-order valence-electron chi connectivity index (χ0n) is 7.33. The maximum atomic E-state index is 10.9. The zero-order chi connectivity index (χ0) is 10.1. The van der Waals surface area contributed by atoms with Crippen LogP contribution in [0.1, 0.15) is 10.4 Å². The third-order valence-electron chi connectivity index (χ3n) is 2.11. The van der Waals surface area contributed by atoms with Crippen LogP contribution >= 0.6 is 11.6 Å². The number of carbonyl (C=O) groups is 1. The van der Waals surface area contributed by atoms with E-state index < -0.39 is 5.91 Å². The molecule has 14 heavy (non-hydrogen) atoms. The molecule has 0 bridgehead atoms. The fourth-order valence-electron chi connectivity index (χ4n) is 1.40. The van der Waals surface area contributed by atoms with Gasteiger partial charge in [-0.15, -0.1) is 0 Å². The summed E-state index contributed by atoms with van der Waals surface area (Å²) in [5, 5.41) is 2.53. The Balaban J connectivity index is 2.73. The highest BCUT2D eigenvalue weighted by Crippen LogP contribution is 2.23. The van der Waals surface area contributed by atoms with Gasteiger partial charge in [-0.05, 0) is 23.6 Å². The van der Waals surface area contributed by atoms with Crippen molar-refractivity contribution in [3.8, 4) is 0 Å². The van der Waals surface area contributed by atoms with Crippen LogP contribution < -0.4 is 5.73 Å². The average Bonchev–Trinajstić information content (AvgIpc) is 2.17. The summed E-state index contributed by atoms with van der Waals surface area (Å²) in [6.07, 6.45) is 0. The number of benzene rings is 2. The molecule has 0 aliphatic carbocycles. The Morgan fingerprint density at radius 3 is 2.71 bits per heavy atom. The lowest BCUT2D eigenvalue weighted by molar-refractivity contribution is 0.100. The lowest BCUT2D eigenvalue weighted by atomic mass is 10.1. The number of hydrogen-bond donors (Lipinski definition) is 1. The van der Waals surface area contributed by atoms with E-state index in [1.807, 2.05) is 18.2 Å². The predicted molar refractivity (Wildman–Crippen MR) is 57.5 cm³/mol. The summed E-state index contributed by atoms with van der Waals surface area (Å²) in [5.41, 5.74) is 5.67. The minimum Gasteiger partial charge on any atom is -0.366 e. The van der Waals surface area contributed by atoms with Gasteiger partial charge in [0.05, 0.1) is 0 Å². The smallest absolute Gasteiger partial charge is 0.248 e. The molecule has 2 rings (SSSR count). The van der Waals surface area contributed by atoms with Gasteiger partial charge >= 0.3 is 0 Å². The molecule has 70 valence electrons. The Morgan fingerprint density at radius 1 is 1.21 bits per heavy atom. The van der Waals surface area contributed by atoms with E-state index in [2.05, 4.69) is 0 Å². The van der Waals surface area contributed by atoms with Crippen LogP contribution in [0.15, 0.2) is 36.4 Å². The molecule has 2 aromatic carbocycles. The molecule has 0 aliphatic heterocycles. The molecule has 3 heteroatoms. The predicted octanol–water partition coefficient (Wildman–Crippen LogP) is 2.59. The largest absolute Gasteiger partial charge is 0.366 e. The standard InChI is InChI=1S/C11H8ClNO/c12-10-3-1-2-7-6-8(11(13)14)4-5-9(7)10/h1-6H,(H2,13,14). The molecule has 0 atom stereocenters. The Hall–Kier alpha value is -1.54. The van der Waals surface area contributed by atoms with E-state index in [0.29, 0.717) is 10.6 Å². The summed E-state index contributed by atoms with van der Waals surface area (Å²) in [6.45, 7) is 0. The fourth-order valence-corrected chi connectivity index (χ4v) is 1.64. The number of fused-ring (bicyclic) bond motifs is 1. The van der Waals surface area contributed by atoms with Gasteiger partial charge in [0, 0.05) is 16.0 Å². The van der Waals surface area contributed by atoms with Crippen LogP contribution in [0, 0.1) is 0 Å². The van der Waals surface area contributed by atoms with Gasteiger partial charge in [0.25, 0.3) is 0 Å². The van der Waals surface area contributed by atoms with E-state index in [4.69, 9.17) is 17.3 Å². The molecule has 0 saturated heterocycles. The van der Waals surface area contributed by atoms with Gasteiger partial charge < -0.3 is 5.73 Å². The highest BCUT2D eigenvalue weighted by Gasteiger charge is 2.02. The summed E-state index contributed by atoms with van der Waals surface area (Å²) in [4.78, 5) is 10.9. The first-order chi connectivity index (χ1) is 6.68. The minimum atomic E-state index is -0.424. The summed E-state index contributed by atoms with van der Waals surface area (Å²) in [5.74, 6) is -0.424. The van der Waals surface area contributed by atoms with Gasteiger partial charge in [-0.1, -0.05) is 29.8 Å². The second-order valence-corrected chi connectivity index (χ2v) is 3.45. The van der Waals surface area contributed by atoms with Crippen LogP contribution in [0.3, 0.4) is 0 Å². The lowest BCUT2D eigenvalue weighted by Crippen LogP contribution is -2.10. The van der Waals surface area contributed by atoms with E-state index in [9.17, 15) is 4.79 Å². The molecule has 0 heterocycles. The molecule has 2 aromatic rings. The third-order valence-corrected chi connectivity index (χ3v) is 2.44. The molecule has 2 nitrogen and oxygen atoms in total. The maximum Gasteiger partial charge on any atom is 0.248 e. The normalized spacial score (nSPS) is 10.4. The molecule has 2 N–H and O–H groups in total. The average molecular weight is 206 g/mol. The van der Waals surface area contributed by atoms with Crippen LogP contribution in [0.4, 0.5) is 0 Å². The van der Waals surface area contributed by atoms with E-state index in [1.165, 1.54) is 0 Å². The van der Waals surface area contributed by atoms with Crippen LogP contribution in [0.5, 0.6) is 0 Å². The maximum absolute atomic E-state index is 10.9. The molecular formula is C11H8ClNO. The molecule has 1 amide bonds. The molecule has 0 saturated carbocycles. The molecular weight excluding hydrogens is 198 g/mol. The summed E-state index contributed by atoms with van der Waals surface area (Å²) in [6, 6.07) is 10.8. The fraction of sp³-hybridized carbons (Fsp3) is 0. The van der Waals surface area contributed by atoms with Crippen molar-refractivity contribution in [3.63, 3.8) is 0 Å². The topological polar surface area (TPSA) is 43.1 Å². The van der Waals surface area contributed by atoms with Crippen LogP contribution in [0.2, 0.25) is 5.02 Å². The monoisotopic (exact) mass is 205 g/mol. The second-order valence-electron chi connectivity index (χ2n) is 3.04. The van der Waals surface area contributed by atoms with Crippen molar-refractivity contribution < 1.29 is 4.79 Å². The van der Waals surface area contributed by atoms with Crippen molar-refractivity contribution >= 4 is 28.3 Å². The van der Waals surface area contributed by atoms with Crippen molar-refractivity contribution in [2.24, 2.45) is 5.73 Å². The first-order valence-electron chi connectivity index (χ1n) is 4.16. The molecule has 0 fully saturated rings. The number of carbonyl (C=O) groups excluding carboxylic acids is 1. The number of rotatable bonds is 1. The second kappa shape index (κ2) is 3.31. The van der Waals surface area contributed by atoms with E-state index in [0.717, 1.165) is 10.8 Å². The lowest BCUT2D eigenvalue weighted by Gasteiger charge is -2.01. The van der Waals surface area contributed by atoms with E-state index in [-0.39, 0.29) is 0 Å². The summed E-state index contributed by atoms with van der Waals surface area (Å²) < 4.78 is 0. The quantitative estimate of drug-likeness (QED) is 0.764. The minimum absolute atomic E-state index is 0.424. The van der Waals surface area contributed by atoms with Gasteiger partial charge in [0.2, 0.25) is 5.91 Å². The Kier molecular flexibility index (Phi) is 2.14. The zero-order valence-corrected chi connectivity index (χ0v) is 8.08. The van der Waals surface area contributed by atoms with Crippen molar-refractivity contribution in [2.45, 2.75) is 0 Å². The molecule has 0 radical (unpaired) electrons. The number of hydrogen-bond acceptors (Lipinski definition) is 1. The van der Waals surface area contributed by atoms with Crippen molar-refractivity contribution in [2.75, 3.05) is 0 Å². The number of nitrogens with two attached hydrogens (primary N) is 1. The van der Waals surface area contributed by atoms with Crippen LogP contribution in [-0.4, -0.2) is 5.91 Å². The van der Waals surface area contributed by atoms with Gasteiger partial charge in [-0.3, -0.25) is 4.79 Å². The summed E-state index contributed by atoms with van der Waals surface area (Å²) in [7, 11) is 0. The third kappa shape index (κ3) is 1.44. The Labute approximate surface area is 86.3 Å². The van der Waals surface area contributed by atoms with Crippen molar-refractivity contribution in [1.82, 2.24) is 0 Å².